The van der Waals surface area contributed by atoms with Gasteiger partial charge in [-0.2, -0.15) is 0 Å². The van der Waals surface area contributed by atoms with E-state index in [1.54, 1.807) is 7.11 Å². The zero-order valence-corrected chi connectivity index (χ0v) is 20.2. The van der Waals surface area contributed by atoms with Crippen molar-refractivity contribution in [2.45, 2.75) is 45.3 Å². The van der Waals surface area contributed by atoms with Crippen LogP contribution in [0, 0.1) is 5.92 Å². The van der Waals surface area contributed by atoms with Gasteiger partial charge < -0.3 is 24.0 Å². The first-order chi connectivity index (χ1) is 16.2. The zero-order valence-electron chi connectivity index (χ0n) is 20.2. The summed E-state index contributed by atoms with van der Waals surface area (Å²) in [6.07, 6.45) is 9.58. The minimum Gasteiger partial charge on any atom is -0.494 e. The van der Waals surface area contributed by atoms with Crippen molar-refractivity contribution in [1.29, 1.82) is 0 Å². The number of methoxy groups -OCH3 is 1. The number of likely N-dealkylation sites (N-methyl/N-ethyl adjacent to an activating group) is 1. The molecule has 0 radical (unpaired) electrons. The average molecular weight is 455 g/mol. The third-order valence-corrected chi connectivity index (χ3v) is 6.70. The van der Waals surface area contributed by atoms with Gasteiger partial charge in [0.2, 0.25) is 5.95 Å². The van der Waals surface area contributed by atoms with Gasteiger partial charge in [0.25, 0.3) is 0 Å². The van der Waals surface area contributed by atoms with E-state index in [1.165, 1.54) is 30.4 Å². The van der Waals surface area contributed by atoms with Gasteiger partial charge in [-0.15, -0.1) is 0 Å². The molecule has 1 fully saturated rings. The number of rotatable bonds is 11. The Bertz CT molecular complexity index is 853. The Morgan fingerprint density at radius 3 is 2.61 bits per heavy atom. The third-order valence-electron chi connectivity index (χ3n) is 6.70. The van der Waals surface area contributed by atoms with E-state index in [4.69, 9.17) is 14.2 Å². The second-order valence-corrected chi connectivity index (χ2v) is 9.28. The monoisotopic (exact) mass is 454 g/mol. The van der Waals surface area contributed by atoms with Crippen molar-refractivity contribution in [2.75, 3.05) is 58.5 Å². The lowest BCUT2D eigenvalue weighted by atomic mass is 9.92. The fourth-order valence-electron chi connectivity index (χ4n) is 4.66. The first kappa shape index (κ1) is 23.9. The van der Waals surface area contributed by atoms with Gasteiger partial charge >= 0.3 is 0 Å². The molecule has 0 unspecified atom stereocenters. The number of anilines is 1. The lowest BCUT2D eigenvalue weighted by Crippen LogP contribution is -2.35. The van der Waals surface area contributed by atoms with Crippen LogP contribution < -0.4 is 9.64 Å². The third kappa shape index (κ3) is 7.13. The van der Waals surface area contributed by atoms with Crippen LogP contribution in [-0.4, -0.2) is 68.5 Å². The van der Waals surface area contributed by atoms with E-state index >= 15 is 0 Å². The number of fused-ring (bicyclic) bond motifs is 1. The van der Waals surface area contributed by atoms with Crippen molar-refractivity contribution < 1.29 is 14.2 Å². The molecule has 0 atom stereocenters. The van der Waals surface area contributed by atoms with Crippen LogP contribution in [0.5, 0.6) is 5.75 Å². The Balaban J connectivity index is 1.12. The van der Waals surface area contributed by atoms with Gasteiger partial charge in [0.05, 0.1) is 26.4 Å². The zero-order chi connectivity index (χ0) is 22.9. The van der Waals surface area contributed by atoms with Crippen molar-refractivity contribution in [3.8, 4) is 5.75 Å². The van der Waals surface area contributed by atoms with Crippen molar-refractivity contribution in [2.24, 2.45) is 5.92 Å². The summed E-state index contributed by atoms with van der Waals surface area (Å²) in [4.78, 5) is 13.8. The highest BCUT2D eigenvalue weighted by atomic mass is 16.5. The Hall–Kier alpha value is -2.22. The quantitative estimate of drug-likeness (QED) is 0.480. The molecule has 0 aliphatic carbocycles. The van der Waals surface area contributed by atoms with Crippen LogP contribution in [-0.2, 0) is 29.0 Å². The maximum atomic E-state index is 6.07. The van der Waals surface area contributed by atoms with Gasteiger partial charge in [0.15, 0.2) is 0 Å². The molecule has 0 amide bonds. The van der Waals surface area contributed by atoms with Crippen molar-refractivity contribution in [3.63, 3.8) is 0 Å². The molecule has 0 N–H and O–H groups in total. The van der Waals surface area contributed by atoms with Crippen LogP contribution in [0.2, 0.25) is 0 Å². The molecule has 1 saturated heterocycles. The predicted molar refractivity (Wildman–Crippen MR) is 130 cm³/mol. The smallest absolute Gasteiger partial charge is 0.225 e. The van der Waals surface area contributed by atoms with E-state index in [2.05, 4.69) is 45.0 Å². The van der Waals surface area contributed by atoms with Crippen LogP contribution in [0.3, 0.4) is 0 Å². The van der Waals surface area contributed by atoms with Crippen LogP contribution in [0.1, 0.15) is 42.4 Å². The lowest BCUT2D eigenvalue weighted by molar-refractivity contribution is 0.0614. The summed E-state index contributed by atoms with van der Waals surface area (Å²) in [7, 11) is 3.86. The van der Waals surface area contributed by atoms with Gasteiger partial charge in [-0.05, 0) is 68.3 Å². The summed E-state index contributed by atoms with van der Waals surface area (Å²) in [5.74, 6) is 2.62. The summed E-state index contributed by atoms with van der Waals surface area (Å²) < 4.78 is 16.6. The largest absolute Gasteiger partial charge is 0.494 e. The molecule has 0 saturated carbocycles. The molecule has 2 aromatic rings. The fourth-order valence-corrected chi connectivity index (χ4v) is 4.66. The predicted octanol–water partition coefficient (Wildman–Crippen LogP) is 3.70. The SMILES string of the molecule is COCCOCc1cnc(N2CCC(CCCOc3ccc4c(c3)CCN(C)C4)CC2)nc1. The van der Waals surface area contributed by atoms with E-state index in [0.717, 1.165) is 68.8 Å². The Labute approximate surface area is 198 Å². The molecule has 1 aromatic heterocycles. The number of nitrogens with zero attached hydrogens (tertiary/aromatic N) is 4. The minimum atomic E-state index is 0.524. The van der Waals surface area contributed by atoms with E-state index < -0.39 is 0 Å². The Kier molecular flexibility index (Phi) is 8.92. The molecule has 180 valence electrons. The maximum absolute atomic E-state index is 6.07. The topological polar surface area (TPSA) is 60.0 Å². The number of hydrogen-bond acceptors (Lipinski definition) is 7. The number of hydrogen-bond donors (Lipinski definition) is 0. The van der Waals surface area contributed by atoms with Gasteiger partial charge in [-0.25, -0.2) is 9.97 Å². The molecule has 7 nitrogen and oxygen atoms in total. The van der Waals surface area contributed by atoms with Gasteiger partial charge in [-0.1, -0.05) is 6.07 Å². The Morgan fingerprint density at radius 2 is 1.82 bits per heavy atom. The second-order valence-electron chi connectivity index (χ2n) is 9.28. The molecular weight excluding hydrogens is 416 g/mol. The van der Waals surface area contributed by atoms with Crippen molar-refractivity contribution >= 4 is 5.95 Å². The van der Waals surface area contributed by atoms with Gasteiger partial charge in [-0.3, -0.25) is 0 Å². The fraction of sp³-hybridized carbons (Fsp3) is 0.615. The van der Waals surface area contributed by atoms with Gasteiger partial charge in [0, 0.05) is 51.2 Å². The normalized spacial score (nSPS) is 17.2. The molecule has 4 rings (SSSR count). The first-order valence-corrected chi connectivity index (χ1v) is 12.3. The highest BCUT2D eigenvalue weighted by Crippen LogP contribution is 2.26. The molecule has 2 aliphatic heterocycles. The number of aromatic nitrogens is 2. The van der Waals surface area contributed by atoms with E-state index in [0.29, 0.717) is 19.8 Å². The van der Waals surface area contributed by atoms with Gasteiger partial charge in [0.1, 0.15) is 5.75 Å². The first-order valence-electron chi connectivity index (χ1n) is 12.3. The summed E-state index contributed by atoms with van der Waals surface area (Å²) in [6, 6.07) is 6.62. The average Bonchev–Trinajstić information content (AvgIpc) is 2.85. The maximum Gasteiger partial charge on any atom is 0.225 e. The Morgan fingerprint density at radius 1 is 1.00 bits per heavy atom. The molecule has 0 bridgehead atoms. The summed E-state index contributed by atoms with van der Waals surface area (Å²) in [5.41, 5.74) is 3.89. The molecule has 2 aliphatic rings. The number of benzene rings is 1. The molecular formula is C26H38N4O3. The van der Waals surface area contributed by atoms with Crippen molar-refractivity contribution in [1.82, 2.24) is 14.9 Å². The van der Waals surface area contributed by atoms with E-state index in [1.807, 2.05) is 12.4 Å². The molecule has 7 heteroatoms. The number of ether oxygens (including phenoxy) is 3. The molecule has 3 heterocycles. The van der Waals surface area contributed by atoms with Crippen LogP contribution in [0.15, 0.2) is 30.6 Å². The van der Waals surface area contributed by atoms with Crippen LogP contribution in [0.4, 0.5) is 5.95 Å². The second kappa shape index (κ2) is 12.3. The molecule has 33 heavy (non-hydrogen) atoms. The van der Waals surface area contributed by atoms with Crippen molar-refractivity contribution in [3.05, 3.63) is 47.3 Å². The molecule has 0 spiro atoms. The number of piperidine rings is 1. The summed E-state index contributed by atoms with van der Waals surface area (Å²) in [6.45, 7) is 6.74. The highest BCUT2D eigenvalue weighted by Gasteiger charge is 2.21. The molecule has 1 aromatic carbocycles. The van der Waals surface area contributed by atoms with Crippen LogP contribution in [0.25, 0.3) is 0 Å². The minimum absolute atomic E-state index is 0.524. The highest BCUT2D eigenvalue weighted by molar-refractivity contribution is 5.37. The van der Waals surface area contributed by atoms with E-state index in [-0.39, 0.29) is 0 Å². The standard InChI is InChI=1S/C26H38N4O3/c1-29-10-9-23-16-25(6-5-24(23)19-29)33-13-3-4-21-7-11-30(12-8-21)26-27-17-22(18-28-26)20-32-15-14-31-2/h5-6,16-18,21H,3-4,7-15,19-20H2,1-2H3. The lowest BCUT2D eigenvalue weighted by Gasteiger charge is -2.32. The van der Waals surface area contributed by atoms with E-state index in [9.17, 15) is 0 Å². The summed E-state index contributed by atoms with van der Waals surface area (Å²) >= 11 is 0. The van der Waals surface area contributed by atoms with Crippen LogP contribution >= 0.6 is 0 Å². The summed E-state index contributed by atoms with van der Waals surface area (Å²) in [5, 5.41) is 0.